The molecule has 1 unspecified atom stereocenters. The molecule has 2 fully saturated rings. The Labute approximate surface area is 155 Å². The van der Waals surface area contributed by atoms with Gasteiger partial charge in [-0.3, -0.25) is 4.90 Å². The van der Waals surface area contributed by atoms with Crippen molar-refractivity contribution in [2.75, 3.05) is 52.5 Å². The van der Waals surface area contributed by atoms with Crippen LogP contribution in [0.3, 0.4) is 0 Å². The third-order valence-corrected chi connectivity index (χ3v) is 5.13. The Hall–Kier alpha value is -1.15. The van der Waals surface area contributed by atoms with Crippen LogP contribution in [0.5, 0.6) is 0 Å². The summed E-state index contributed by atoms with van der Waals surface area (Å²) in [5.74, 6) is 1.88. The van der Waals surface area contributed by atoms with Crippen molar-refractivity contribution in [2.45, 2.75) is 32.4 Å². The fourth-order valence-electron chi connectivity index (χ4n) is 3.22. The van der Waals surface area contributed by atoms with Gasteiger partial charge in [0.25, 0.3) is 0 Å². The van der Waals surface area contributed by atoms with Crippen LogP contribution in [-0.2, 0) is 16.0 Å². The standard InChI is InChI=1S/C18H29N3O3S/c1-15-4-5-17(24-15)14-21(7-6-20-8-11-22-12-9-20)18(25)19-13-16-3-2-10-23-16/h4-5,16H,2-3,6-14H2,1H3,(H,19,25). The third-order valence-electron chi connectivity index (χ3n) is 4.72. The smallest absolute Gasteiger partial charge is 0.169 e. The summed E-state index contributed by atoms with van der Waals surface area (Å²) < 4.78 is 16.9. The third kappa shape index (κ3) is 5.95. The van der Waals surface area contributed by atoms with E-state index in [0.717, 1.165) is 82.0 Å². The second-order valence-electron chi connectivity index (χ2n) is 6.71. The zero-order chi connectivity index (χ0) is 17.5. The molecule has 2 saturated heterocycles. The molecule has 0 saturated carbocycles. The molecule has 140 valence electrons. The number of rotatable bonds is 7. The van der Waals surface area contributed by atoms with Gasteiger partial charge in [-0.25, -0.2) is 0 Å². The van der Waals surface area contributed by atoms with Crippen LogP contribution in [0, 0.1) is 6.92 Å². The molecule has 2 aliphatic rings. The van der Waals surface area contributed by atoms with Crippen LogP contribution in [0.25, 0.3) is 0 Å². The van der Waals surface area contributed by atoms with Gasteiger partial charge in [-0.2, -0.15) is 0 Å². The molecular formula is C18H29N3O3S. The highest BCUT2D eigenvalue weighted by atomic mass is 32.1. The summed E-state index contributed by atoms with van der Waals surface area (Å²) in [6.07, 6.45) is 2.54. The van der Waals surface area contributed by atoms with Crippen molar-refractivity contribution >= 4 is 17.3 Å². The lowest BCUT2D eigenvalue weighted by Gasteiger charge is -2.31. The summed E-state index contributed by atoms with van der Waals surface area (Å²) in [4.78, 5) is 4.62. The predicted molar refractivity (Wildman–Crippen MR) is 101 cm³/mol. The molecule has 3 heterocycles. The van der Waals surface area contributed by atoms with Gasteiger partial charge in [0, 0.05) is 39.3 Å². The lowest BCUT2D eigenvalue weighted by Crippen LogP contribution is -2.46. The van der Waals surface area contributed by atoms with Gasteiger partial charge in [0.15, 0.2) is 5.11 Å². The summed E-state index contributed by atoms with van der Waals surface area (Å²) in [7, 11) is 0. The summed E-state index contributed by atoms with van der Waals surface area (Å²) in [5, 5.41) is 4.16. The van der Waals surface area contributed by atoms with Crippen LogP contribution < -0.4 is 5.32 Å². The van der Waals surface area contributed by atoms with Crippen molar-refractivity contribution in [1.29, 1.82) is 0 Å². The minimum absolute atomic E-state index is 0.282. The maximum absolute atomic E-state index is 5.75. The Balaban J connectivity index is 1.53. The van der Waals surface area contributed by atoms with Gasteiger partial charge < -0.3 is 24.1 Å². The van der Waals surface area contributed by atoms with E-state index in [9.17, 15) is 0 Å². The van der Waals surface area contributed by atoms with Gasteiger partial charge in [-0.15, -0.1) is 0 Å². The summed E-state index contributed by atoms with van der Waals surface area (Å²) in [6.45, 7) is 9.77. The summed E-state index contributed by atoms with van der Waals surface area (Å²) >= 11 is 5.66. The van der Waals surface area contributed by atoms with Crippen molar-refractivity contribution in [3.05, 3.63) is 23.7 Å². The van der Waals surface area contributed by atoms with Crippen LogP contribution in [-0.4, -0.2) is 73.6 Å². The zero-order valence-corrected chi connectivity index (χ0v) is 15.9. The number of thiocarbonyl (C=S) groups is 1. The number of hydrogen-bond donors (Lipinski definition) is 1. The number of hydrogen-bond acceptors (Lipinski definition) is 5. The molecule has 0 amide bonds. The molecule has 1 N–H and O–H groups in total. The Morgan fingerprint density at radius 1 is 1.32 bits per heavy atom. The second kappa shape index (κ2) is 9.52. The normalized spacial score (nSPS) is 21.4. The van der Waals surface area contributed by atoms with Gasteiger partial charge >= 0.3 is 0 Å². The summed E-state index contributed by atoms with van der Waals surface area (Å²) in [6, 6.07) is 4.03. The van der Waals surface area contributed by atoms with Crippen molar-refractivity contribution in [2.24, 2.45) is 0 Å². The fourth-order valence-corrected chi connectivity index (χ4v) is 3.45. The molecule has 0 bridgehead atoms. The van der Waals surface area contributed by atoms with Gasteiger partial charge in [0.2, 0.25) is 0 Å². The van der Waals surface area contributed by atoms with Gasteiger partial charge in [-0.1, -0.05) is 0 Å². The van der Waals surface area contributed by atoms with E-state index in [0.29, 0.717) is 6.54 Å². The first-order valence-corrected chi connectivity index (χ1v) is 9.61. The molecule has 0 aliphatic carbocycles. The van der Waals surface area contributed by atoms with E-state index in [1.54, 1.807) is 0 Å². The molecular weight excluding hydrogens is 338 g/mol. The molecule has 6 nitrogen and oxygen atoms in total. The van der Waals surface area contributed by atoms with Crippen molar-refractivity contribution in [3.63, 3.8) is 0 Å². The Kier molecular flexibility index (Phi) is 7.10. The average Bonchev–Trinajstić information content (AvgIpc) is 3.29. The first-order valence-electron chi connectivity index (χ1n) is 9.20. The fraction of sp³-hybridized carbons (Fsp3) is 0.722. The molecule has 25 heavy (non-hydrogen) atoms. The van der Waals surface area contributed by atoms with E-state index >= 15 is 0 Å². The minimum Gasteiger partial charge on any atom is -0.464 e. The van der Waals surface area contributed by atoms with Crippen LogP contribution in [0.1, 0.15) is 24.4 Å². The molecule has 1 aromatic heterocycles. The van der Waals surface area contributed by atoms with Crippen molar-refractivity contribution in [1.82, 2.24) is 15.1 Å². The van der Waals surface area contributed by atoms with Gasteiger partial charge in [0.05, 0.1) is 25.9 Å². The SMILES string of the molecule is Cc1ccc(CN(CCN2CCOCC2)C(=S)NCC2CCCO2)o1. The first-order chi connectivity index (χ1) is 12.2. The molecule has 0 spiro atoms. The predicted octanol–water partition coefficient (Wildman–Crippen LogP) is 1.78. The molecule has 7 heteroatoms. The second-order valence-corrected chi connectivity index (χ2v) is 7.10. The summed E-state index contributed by atoms with van der Waals surface area (Å²) in [5.41, 5.74) is 0. The number of nitrogens with zero attached hydrogens (tertiary/aromatic N) is 2. The highest BCUT2D eigenvalue weighted by Crippen LogP contribution is 2.12. The molecule has 3 rings (SSSR count). The molecule has 1 atom stereocenters. The molecule has 0 aromatic carbocycles. The number of aryl methyl sites for hydroxylation is 1. The topological polar surface area (TPSA) is 50.1 Å². The number of nitrogens with one attached hydrogen (secondary N) is 1. The highest BCUT2D eigenvalue weighted by Gasteiger charge is 2.19. The van der Waals surface area contributed by atoms with Gasteiger partial charge in [0.1, 0.15) is 11.5 Å². The Bertz CT molecular complexity index is 539. The monoisotopic (exact) mass is 367 g/mol. The van der Waals surface area contributed by atoms with Crippen LogP contribution in [0.4, 0.5) is 0 Å². The number of furan rings is 1. The van der Waals surface area contributed by atoms with Crippen LogP contribution >= 0.6 is 12.2 Å². The van der Waals surface area contributed by atoms with E-state index in [-0.39, 0.29) is 6.10 Å². The molecule has 1 aromatic rings. The van der Waals surface area contributed by atoms with Crippen LogP contribution in [0.15, 0.2) is 16.5 Å². The Morgan fingerprint density at radius 3 is 2.84 bits per heavy atom. The minimum atomic E-state index is 0.282. The van der Waals surface area contributed by atoms with Crippen LogP contribution in [0.2, 0.25) is 0 Å². The number of ether oxygens (including phenoxy) is 2. The molecule has 2 aliphatic heterocycles. The number of morpholine rings is 1. The maximum Gasteiger partial charge on any atom is 0.169 e. The first kappa shape index (κ1) is 18.6. The van der Waals surface area contributed by atoms with Crippen molar-refractivity contribution < 1.29 is 13.9 Å². The quantitative estimate of drug-likeness (QED) is 0.737. The van der Waals surface area contributed by atoms with E-state index in [4.69, 9.17) is 26.1 Å². The Morgan fingerprint density at radius 2 is 2.16 bits per heavy atom. The largest absolute Gasteiger partial charge is 0.464 e. The van der Waals surface area contributed by atoms with Crippen molar-refractivity contribution in [3.8, 4) is 0 Å². The molecule has 0 radical (unpaired) electrons. The van der Waals surface area contributed by atoms with E-state index < -0.39 is 0 Å². The zero-order valence-electron chi connectivity index (χ0n) is 15.0. The maximum atomic E-state index is 5.75. The lowest BCUT2D eigenvalue weighted by molar-refractivity contribution is 0.0355. The van der Waals surface area contributed by atoms with E-state index in [1.807, 2.05) is 19.1 Å². The lowest BCUT2D eigenvalue weighted by atomic mass is 10.2. The van der Waals surface area contributed by atoms with Gasteiger partial charge in [-0.05, 0) is 44.1 Å². The highest BCUT2D eigenvalue weighted by molar-refractivity contribution is 7.80. The van der Waals surface area contributed by atoms with E-state index in [1.165, 1.54) is 0 Å². The van der Waals surface area contributed by atoms with E-state index in [2.05, 4.69) is 15.1 Å². The average molecular weight is 368 g/mol.